The largest absolute Gasteiger partial charge is 0.328 e. The number of rotatable bonds is 5. The van der Waals surface area contributed by atoms with Crippen molar-refractivity contribution in [1.29, 1.82) is 0 Å². The second-order valence-electron chi connectivity index (χ2n) is 5.39. The van der Waals surface area contributed by atoms with Crippen LogP contribution in [0.25, 0.3) is 0 Å². The zero-order valence-corrected chi connectivity index (χ0v) is 11.8. The number of benzene rings is 1. The molecule has 1 aromatic rings. The van der Waals surface area contributed by atoms with Gasteiger partial charge < -0.3 is 5.73 Å². The second-order valence-corrected chi connectivity index (χ2v) is 6.46. The molecule has 100 valence electrons. The summed E-state index contributed by atoms with van der Waals surface area (Å²) in [4.78, 5) is 1.21. The van der Waals surface area contributed by atoms with E-state index in [1.54, 1.807) is 12.1 Å². The van der Waals surface area contributed by atoms with Gasteiger partial charge in [0, 0.05) is 16.7 Å². The van der Waals surface area contributed by atoms with Gasteiger partial charge in [-0.05, 0) is 55.9 Å². The highest BCUT2D eigenvalue weighted by atomic mass is 32.2. The van der Waals surface area contributed by atoms with Gasteiger partial charge in [-0.1, -0.05) is 12.8 Å². The van der Waals surface area contributed by atoms with Gasteiger partial charge in [-0.15, -0.1) is 11.8 Å². The lowest BCUT2D eigenvalue weighted by atomic mass is 10.1. The summed E-state index contributed by atoms with van der Waals surface area (Å²) in [6.45, 7) is 1.97. The molecule has 1 fully saturated rings. The van der Waals surface area contributed by atoms with Crippen LogP contribution >= 0.6 is 11.8 Å². The van der Waals surface area contributed by atoms with E-state index in [-0.39, 0.29) is 11.9 Å². The summed E-state index contributed by atoms with van der Waals surface area (Å²) in [6.07, 6.45) is 6.22. The molecule has 2 N–H and O–H groups in total. The smallest absolute Gasteiger partial charge is 0.123 e. The lowest BCUT2D eigenvalue weighted by molar-refractivity contribution is 0.617. The molecule has 0 saturated heterocycles. The fourth-order valence-corrected chi connectivity index (χ4v) is 3.82. The molecule has 0 spiro atoms. The van der Waals surface area contributed by atoms with E-state index in [1.807, 2.05) is 24.8 Å². The minimum absolute atomic E-state index is 0.0811. The highest BCUT2D eigenvalue weighted by Gasteiger charge is 2.16. The summed E-state index contributed by atoms with van der Waals surface area (Å²) in [7, 11) is 0. The molecule has 3 heteroatoms. The molecule has 1 aliphatic carbocycles. The van der Waals surface area contributed by atoms with Crippen molar-refractivity contribution in [3.63, 3.8) is 0 Å². The molecule has 1 atom stereocenters. The van der Waals surface area contributed by atoms with Crippen molar-refractivity contribution in [3.8, 4) is 0 Å². The summed E-state index contributed by atoms with van der Waals surface area (Å²) in [6, 6.07) is 5.19. The van der Waals surface area contributed by atoms with Crippen LogP contribution in [0.5, 0.6) is 0 Å². The van der Waals surface area contributed by atoms with Crippen LogP contribution in [0.4, 0.5) is 4.39 Å². The van der Waals surface area contributed by atoms with E-state index in [9.17, 15) is 4.39 Å². The first-order chi connectivity index (χ1) is 8.65. The molecule has 0 aromatic heterocycles. The maximum atomic E-state index is 13.3. The summed E-state index contributed by atoms with van der Waals surface area (Å²) in [5, 5.41) is 0. The molecule has 2 rings (SSSR count). The molecule has 0 radical (unpaired) electrons. The Hall–Kier alpha value is -0.540. The summed E-state index contributed by atoms with van der Waals surface area (Å²) < 4.78 is 13.3. The predicted molar refractivity (Wildman–Crippen MR) is 76.4 cm³/mol. The molecule has 1 unspecified atom stereocenters. The number of thioether (sulfide) groups is 1. The van der Waals surface area contributed by atoms with E-state index in [0.717, 1.165) is 23.7 Å². The van der Waals surface area contributed by atoms with Crippen molar-refractivity contribution >= 4 is 11.8 Å². The molecule has 1 aliphatic rings. The van der Waals surface area contributed by atoms with Crippen LogP contribution in [0.1, 0.15) is 38.2 Å². The average Bonchev–Trinajstić information content (AvgIpc) is 2.80. The Bertz CT molecular complexity index is 386. The molecular weight excluding hydrogens is 245 g/mol. The first-order valence-corrected chi connectivity index (χ1v) is 7.80. The fraction of sp³-hybridized carbons (Fsp3) is 0.600. The summed E-state index contributed by atoms with van der Waals surface area (Å²) in [5.41, 5.74) is 6.89. The zero-order valence-electron chi connectivity index (χ0n) is 11.0. The van der Waals surface area contributed by atoms with E-state index < -0.39 is 0 Å². The average molecular weight is 267 g/mol. The number of halogens is 1. The molecule has 0 aliphatic heterocycles. The molecule has 18 heavy (non-hydrogen) atoms. The van der Waals surface area contributed by atoms with E-state index in [1.165, 1.54) is 30.6 Å². The van der Waals surface area contributed by atoms with Crippen LogP contribution < -0.4 is 5.73 Å². The van der Waals surface area contributed by atoms with Gasteiger partial charge in [0.15, 0.2) is 0 Å². The van der Waals surface area contributed by atoms with Gasteiger partial charge in [-0.2, -0.15) is 0 Å². The van der Waals surface area contributed by atoms with Crippen LogP contribution in [0.15, 0.2) is 23.1 Å². The van der Waals surface area contributed by atoms with Crippen molar-refractivity contribution in [2.45, 2.75) is 50.0 Å². The number of hydrogen-bond donors (Lipinski definition) is 1. The van der Waals surface area contributed by atoms with E-state index in [2.05, 4.69) is 0 Å². The van der Waals surface area contributed by atoms with Crippen LogP contribution in [0, 0.1) is 11.7 Å². The van der Waals surface area contributed by atoms with Gasteiger partial charge in [-0.25, -0.2) is 4.39 Å². The molecule has 1 aromatic carbocycles. The first kappa shape index (κ1) is 13.9. The Labute approximate surface area is 113 Å². The molecule has 0 bridgehead atoms. The number of hydrogen-bond acceptors (Lipinski definition) is 2. The lowest BCUT2D eigenvalue weighted by Crippen LogP contribution is -2.18. The molecule has 0 heterocycles. The van der Waals surface area contributed by atoms with Crippen LogP contribution in [0.2, 0.25) is 0 Å². The third kappa shape index (κ3) is 3.99. The standard InChI is InChI=1S/C15H22FNS/c1-11(17)8-13-9-14(16)6-7-15(13)18-10-12-4-2-3-5-12/h6-7,9,11-12H,2-5,8,10,17H2,1H3. The normalized spacial score (nSPS) is 18.2. The third-order valence-electron chi connectivity index (χ3n) is 3.51. The van der Waals surface area contributed by atoms with Crippen molar-refractivity contribution < 1.29 is 4.39 Å². The van der Waals surface area contributed by atoms with E-state index in [0.29, 0.717) is 0 Å². The Kier molecular flexibility index (Phi) is 5.07. The molecular formula is C15H22FNS. The monoisotopic (exact) mass is 267 g/mol. The van der Waals surface area contributed by atoms with Gasteiger partial charge in [0.1, 0.15) is 5.82 Å². The Balaban J connectivity index is 2.00. The van der Waals surface area contributed by atoms with E-state index in [4.69, 9.17) is 5.73 Å². The van der Waals surface area contributed by atoms with Crippen LogP contribution in [0.3, 0.4) is 0 Å². The minimum atomic E-state index is -0.157. The second kappa shape index (κ2) is 6.58. The van der Waals surface area contributed by atoms with Crippen molar-refractivity contribution in [2.24, 2.45) is 11.7 Å². The molecule has 1 saturated carbocycles. The van der Waals surface area contributed by atoms with Gasteiger partial charge in [0.2, 0.25) is 0 Å². The van der Waals surface area contributed by atoms with Gasteiger partial charge >= 0.3 is 0 Å². The van der Waals surface area contributed by atoms with Crippen molar-refractivity contribution in [2.75, 3.05) is 5.75 Å². The third-order valence-corrected chi connectivity index (χ3v) is 4.86. The van der Waals surface area contributed by atoms with Crippen LogP contribution in [-0.2, 0) is 6.42 Å². The zero-order chi connectivity index (χ0) is 13.0. The van der Waals surface area contributed by atoms with Crippen molar-refractivity contribution in [3.05, 3.63) is 29.6 Å². The maximum absolute atomic E-state index is 13.3. The minimum Gasteiger partial charge on any atom is -0.328 e. The van der Waals surface area contributed by atoms with Gasteiger partial charge in [0.25, 0.3) is 0 Å². The lowest BCUT2D eigenvalue weighted by Gasteiger charge is -2.13. The highest BCUT2D eigenvalue weighted by molar-refractivity contribution is 7.99. The van der Waals surface area contributed by atoms with E-state index >= 15 is 0 Å². The summed E-state index contributed by atoms with van der Waals surface area (Å²) >= 11 is 1.87. The first-order valence-electron chi connectivity index (χ1n) is 6.82. The SMILES string of the molecule is CC(N)Cc1cc(F)ccc1SCC1CCCC1. The number of nitrogens with two attached hydrogens (primary N) is 1. The molecule has 1 nitrogen and oxygen atoms in total. The van der Waals surface area contributed by atoms with Gasteiger partial charge in [0.05, 0.1) is 0 Å². The van der Waals surface area contributed by atoms with Crippen LogP contribution in [-0.4, -0.2) is 11.8 Å². The molecule has 0 amide bonds. The fourth-order valence-electron chi connectivity index (χ4n) is 2.58. The maximum Gasteiger partial charge on any atom is 0.123 e. The van der Waals surface area contributed by atoms with Crippen molar-refractivity contribution in [1.82, 2.24) is 0 Å². The Morgan fingerprint density at radius 1 is 1.39 bits per heavy atom. The Morgan fingerprint density at radius 2 is 2.11 bits per heavy atom. The highest BCUT2D eigenvalue weighted by Crippen LogP contribution is 2.32. The predicted octanol–water partition coefficient (Wildman–Crippen LogP) is 4.00. The quantitative estimate of drug-likeness (QED) is 0.816. The van der Waals surface area contributed by atoms with Gasteiger partial charge in [-0.3, -0.25) is 0 Å². The summed E-state index contributed by atoms with van der Waals surface area (Å²) in [5.74, 6) is 1.86. The Morgan fingerprint density at radius 3 is 2.78 bits per heavy atom. The topological polar surface area (TPSA) is 26.0 Å².